The Morgan fingerprint density at radius 2 is 1.66 bits per heavy atom. The van der Waals surface area contributed by atoms with E-state index in [1.165, 1.54) is 12.8 Å². The van der Waals surface area contributed by atoms with Gasteiger partial charge in [-0.2, -0.15) is 0 Å². The molecular weight excluding hydrogens is 404 g/mol. The summed E-state index contributed by atoms with van der Waals surface area (Å²) >= 11 is 0. The van der Waals surface area contributed by atoms with Crippen molar-refractivity contribution in [1.29, 1.82) is 0 Å². The van der Waals surface area contributed by atoms with Crippen molar-refractivity contribution in [3.05, 3.63) is 77.0 Å². The van der Waals surface area contributed by atoms with Gasteiger partial charge in [-0.1, -0.05) is 55.3 Å². The van der Waals surface area contributed by atoms with Gasteiger partial charge in [0.05, 0.1) is 11.6 Å². The first kappa shape index (κ1) is 21.9. The third-order valence-electron chi connectivity index (χ3n) is 6.03. The molecule has 6 heteroatoms. The number of esters is 1. The summed E-state index contributed by atoms with van der Waals surface area (Å²) in [5.41, 5.74) is 2.87. The van der Waals surface area contributed by atoms with Crippen LogP contribution in [0, 0.1) is 0 Å². The van der Waals surface area contributed by atoms with E-state index < -0.39 is 6.04 Å². The molecule has 2 amide bonds. The molecule has 168 valence electrons. The average Bonchev–Trinajstić information content (AvgIpc) is 3.07. The fourth-order valence-corrected chi connectivity index (χ4v) is 4.29. The number of ether oxygens (including phenoxy) is 2. The Bertz CT molecular complexity index is 961. The van der Waals surface area contributed by atoms with Gasteiger partial charge in [-0.05, 0) is 55.9 Å². The highest BCUT2D eigenvalue weighted by Crippen LogP contribution is 2.30. The summed E-state index contributed by atoms with van der Waals surface area (Å²) in [6, 6.07) is 16.5. The van der Waals surface area contributed by atoms with Gasteiger partial charge in [-0.25, -0.2) is 9.59 Å². The zero-order valence-corrected chi connectivity index (χ0v) is 18.4. The van der Waals surface area contributed by atoms with Crippen LogP contribution in [0.3, 0.4) is 0 Å². The minimum absolute atomic E-state index is 0.0580. The fraction of sp³-hybridized carbons (Fsp3) is 0.385. The number of amides is 2. The van der Waals surface area contributed by atoms with E-state index >= 15 is 0 Å². The summed E-state index contributed by atoms with van der Waals surface area (Å²) in [5, 5.41) is 5.58. The molecule has 0 unspecified atom stereocenters. The standard InChI is InChI=1S/C26H30N2O4/c1-18-23(25(29)32-22-11-7-2-3-8-12-22)24(28-26(30)27-18)20-13-15-21(16-14-20)31-17-19-9-5-4-6-10-19/h4-6,9-10,13-16,22,24H,2-3,7-8,11-12,17H2,1H3,(H2,27,28,30)/t24-/m1/s1. The Balaban J connectivity index is 1.47. The van der Waals surface area contributed by atoms with Crippen molar-refractivity contribution < 1.29 is 19.1 Å². The maximum Gasteiger partial charge on any atom is 0.338 e. The minimum Gasteiger partial charge on any atom is -0.489 e. The number of allylic oxidation sites excluding steroid dienone is 1. The van der Waals surface area contributed by atoms with Crippen LogP contribution >= 0.6 is 0 Å². The second-order valence-electron chi connectivity index (χ2n) is 8.43. The fourth-order valence-electron chi connectivity index (χ4n) is 4.29. The molecule has 2 aromatic carbocycles. The SMILES string of the molecule is CC1=C(C(=O)OC2CCCCCC2)[C@@H](c2ccc(OCc3ccccc3)cc2)NC(=O)N1. The zero-order chi connectivity index (χ0) is 22.3. The second-order valence-corrected chi connectivity index (χ2v) is 8.43. The molecule has 4 rings (SSSR count). The van der Waals surface area contributed by atoms with Crippen molar-refractivity contribution in [2.45, 2.75) is 64.2 Å². The lowest BCUT2D eigenvalue weighted by atomic mass is 9.95. The third-order valence-corrected chi connectivity index (χ3v) is 6.03. The van der Waals surface area contributed by atoms with Crippen molar-refractivity contribution in [2.24, 2.45) is 0 Å². The van der Waals surface area contributed by atoms with E-state index in [0.717, 1.165) is 42.6 Å². The van der Waals surface area contributed by atoms with Gasteiger partial charge < -0.3 is 20.1 Å². The number of nitrogens with one attached hydrogen (secondary N) is 2. The number of urea groups is 1. The van der Waals surface area contributed by atoms with Gasteiger partial charge in [-0.3, -0.25) is 0 Å². The molecule has 0 saturated heterocycles. The van der Waals surface area contributed by atoms with Gasteiger partial charge in [-0.15, -0.1) is 0 Å². The van der Waals surface area contributed by atoms with Crippen LogP contribution < -0.4 is 15.4 Å². The topological polar surface area (TPSA) is 76.7 Å². The summed E-state index contributed by atoms with van der Waals surface area (Å²) in [7, 11) is 0. The average molecular weight is 435 g/mol. The van der Waals surface area contributed by atoms with Crippen molar-refractivity contribution in [3.63, 3.8) is 0 Å². The molecule has 1 aliphatic heterocycles. The molecule has 2 N–H and O–H groups in total. The molecule has 0 aromatic heterocycles. The van der Waals surface area contributed by atoms with Crippen molar-refractivity contribution in [3.8, 4) is 5.75 Å². The molecule has 0 radical (unpaired) electrons. The Hall–Kier alpha value is -3.28. The minimum atomic E-state index is -0.565. The highest BCUT2D eigenvalue weighted by Gasteiger charge is 2.33. The van der Waals surface area contributed by atoms with Crippen LogP contribution in [0.2, 0.25) is 0 Å². The maximum atomic E-state index is 13.1. The normalized spacial score (nSPS) is 19.5. The van der Waals surface area contributed by atoms with Crippen LogP contribution in [0.25, 0.3) is 0 Å². The number of carbonyl (C=O) groups is 2. The zero-order valence-electron chi connectivity index (χ0n) is 18.4. The van der Waals surface area contributed by atoms with Gasteiger partial charge >= 0.3 is 12.0 Å². The summed E-state index contributed by atoms with van der Waals surface area (Å²) in [4.78, 5) is 25.3. The molecule has 1 aliphatic carbocycles. The van der Waals surface area contributed by atoms with Crippen molar-refractivity contribution in [1.82, 2.24) is 10.6 Å². The van der Waals surface area contributed by atoms with Gasteiger partial charge in [0, 0.05) is 5.70 Å². The van der Waals surface area contributed by atoms with E-state index in [4.69, 9.17) is 9.47 Å². The number of hydrogen-bond donors (Lipinski definition) is 2. The number of benzene rings is 2. The largest absolute Gasteiger partial charge is 0.489 e. The summed E-state index contributed by atoms with van der Waals surface area (Å²) in [6.07, 6.45) is 6.28. The number of hydrogen-bond acceptors (Lipinski definition) is 4. The van der Waals surface area contributed by atoms with E-state index in [-0.39, 0.29) is 18.1 Å². The second kappa shape index (κ2) is 10.4. The summed E-state index contributed by atoms with van der Waals surface area (Å²) in [6.45, 7) is 2.22. The quantitative estimate of drug-likeness (QED) is 0.486. The molecule has 32 heavy (non-hydrogen) atoms. The first-order chi connectivity index (χ1) is 15.6. The van der Waals surface area contributed by atoms with Crippen LogP contribution in [-0.4, -0.2) is 18.1 Å². The third kappa shape index (κ3) is 5.49. The molecule has 2 aliphatic rings. The Labute approximate surface area is 189 Å². The Morgan fingerprint density at radius 1 is 0.969 bits per heavy atom. The van der Waals surface area contributed by atoms with E-state index in [1.807, 2.05) is 54.6 Å². The van der Waals surface area contributed by atoms with Crippen LogP contribution in [0.15, 0.2) is 65.9 Å². The molecule has 1 saturated carbocycles. The molecule has 0 bridgehead atoms. The predicted octanol–water partition coefficient (Wildman–Crippen LogP) is 5.16. The lowest BCUT2D eigenvalue weighted by molar-refractivity contribution is -0.145. The summed E-state index contributed by atoms with van der Waals surface area (Å²) in [5.74, 6) is 0.359. The van der Waals surface area contributed by atoms with E-state index in [2.05, 4.69) is 10.6 Å². The van der Waals surface area contributed by atoms with E-state index in [9.17, 15) is 9.59 Å². The molecule has 6 nitrogen and oxygen atoms in total. The Kier molecular flexibility index (Phi) is 7.10. The monoisotopic (exact) mass is 434 g/mol. The van der Waals surface area contributed by atoms with E-state index in [0.29, 0.717) is 17.9 Å². The molecule has 1 heterocycles. The van der Waals surface area contributed by atoms with Gasteiger partial charge in [0.15, 0.2) is 0 Å². The number of rotatable bonds is 6. The molecule has 1 fully saturated rings. The Morgan fingerprint density at radius 3 is 2.34 bits per heavy atom. The van der Waals surface area contributed by atoms with Crippen LogP contribution in [0.4, 0.5) is 4.79 Å². The first-order valence-corrected chi connectivity index (χ1v) is 11.4. The lowest BCUT2D eigenvalue weighted by Crippen LogP contribution is -2.45. The van der Waals surface area contributed by atoms with E-state index in [1.54, 1.807) is 6.92 Å². The molecule has 0 spiro atoms. The highest BCUT2D eigenvalue weighted by atomic mass is 16.5. The van der Waals surface area contributed by atoms with Gasteiger partial charge in [0.25, 0.3) is 0 Å². The van der Waals surface area contributed by atoms with Gasteiger partial charge in [0.1, 0.15) is 18.5 Å². The van der Waals surface area contributed by atoms with Crippen molar-refractivity contribution >= 4 is 12.0 Å². The number of carbonyl (C=O) groups excluding carboxylic acids is 2. The highest BCUT2D eigenvalue weighted by molar-refractivity contribution is 5.95. The van der Waals surface area contributed by atoms with Crippen LogP contribution in [-0.2, 0) is 16.1 Å². The van der Waals surface area contributed by atoms with Crippen molar-refractivity contribution in [2.75, 3.05) is 0 Å². The predicted molar refractivity (Wildman–Crippen MR) is 122 cm³/mol. The molecular formula is C26H30N2O4. The van der Waals surface area contributed by atoms with Crippen LogP contribution in [0.1, 0.15) is 62.6 Å². The van der Waals surface area contributed by atoms with Gasteiger partial charge in [0.2, 0.25) is 0 Å². The van der Waals surface area contributed by atoms with Crippen LogP contribution in [0.5, 0.6) is 5.75 Å². The summed E-state index contributed by atoms with van der Waals surface area (Å²) < 4.78 is 11.7. The molecule has 2 aromatic rings. The lowest BCUT2D eigenvalue weighted by Gasteiger charge is -2.29. The first-order valence-electron chi connectivity index (χ1n) is 11.4. The smallest absolute Gasteiger partial charge is 0.338 e. The maximum absolute atomic E-state index is 13.1. The molecule has 1 atom stereocenters.